The van der Waals surface area contributed by atoms with Gasteiger partial charge in [-0.1, -0.05) is 12.1 Å². The molecule has 2 fully saturated rings. The molecule has 7 heteroatoms. The van der Waals surface area contributed by atoms with Gasteiger partial charge < -0.3 is 5.32 Å². The van der Waals surface area contributed by atoms with Crippen molar-refractivity contribution in [2.75, 3.05) is 5.32 Å². The number of carbonyl (C=O) groups is 1. The summed E-state index contributed by atoms with van der Waals surface area (Å²) in [5.74, 6) is -1.32. The number of urea groups is 1. The maximum absolute atomic E-state index is 13.6. The lowest BCUT2D eigenvalue weighted by Crippen LogP contribution is -2.37. The lowest BCUT2D eigenvalue weighted by molar-refractivity contribution is 0.225. The Morgan fingerprint density at radius 1 is 1.18 bits per heavy atom. The van der Waals surface area contributed by atoms with Crippen LogP contribution in [0.3, 0.4) is 0 Å². The maximum atomic E-state index is 13.6. The van der Waals surface area contributed by atoms with Gasteiger partial charge in [0.2, 0.25) is 0 Å². The third-order valence-electron chi connectivity index (χ3n) is 5.40. The number of carbonyl (C=O) groups excluding carboxylic acids is 1. The van der Waals surface area contributed by atoms with E-state index in [9.17, 15) is 18.8 Å². The molecule has 1 aliphatic carbocycles. The molecule has 2 aromatic rings. The van der Waals surface area contributed by atoms with E-state index in [0.29, 0.717) is 24.1 Å². The smallest absolute Gasteiger partial charge is 0.307 e. The highest BCUT2D eigenvalue weighted by atomic mass is 19.1. The Labute approximate surface area is 161 Å². The summed E-state index contributed by atoms with van der Waals surface area (Å²) in [7, 11) is 0. The molecule has 5 nitrogen and oxygen atoms in total. The van der Waals surface area contributed by atoms with E-state index >= 15 is 0 Å². The van der Waals surface area contributed by atoms with Crippen LogP contribution in [0, 0.1) is 28.4 Å². The highest BCUT2D eigenvalue weighted by Gasteiger charge is 2.44. The van der Waals surface area contributed by atoms with Gasteiger partial charge in [-0.2, -0.15) is 5.26 Å². The highest BCUT2D eigenvalue weighted by molar-refractivity contribution is 6.03. The third-order valence-corrected chi connectivity index (χ3v) is 5.40. The van der Waals surface area contributed by atoms with Gasteiger partial charge >= 0.3 is 6.03 Å². The molecule has 1 heterocycles. The Balaban J connectivity index is 1.53. The number of nitrogens with one attached hydrogen (secondary N) is 2. The second-order valence-corrected chi connectivity index (χ2v) is 7.28. The number of benzene rings is 2. The average Bonchev–Trinajstić information content (AvgIpc) is 3.36. The average molecular weight is 380 g/mol. The van der Waals surface area contributed by atoms with Gasteiger partial charge in [-0.3, -0.25) is 10.3 Å². The number of nitriles is 1. The largest absolute Gasteiger partial charge is 0.327 e. The summed E-state index contributed by atoms with van der Waals surface area (Å²) >= 11 is 0. The summed E-state index contributed by atoms with van der Waals surface area (Å²) < 4.78 is 27.2. The SMILES string of the molecule is N#CC1(c2ccc(NC(=O)N3C(=N)CCC3c3cc(F)cc(F)c3)cc2)CC1. The van der Waals surface area contributed by atoms with Crippen LogP contribution in [0.15, 0.2) is 42.5 Å². The Bertz CT molecular complexity index is 972. The predicted molar refractivity (Wildman–Crippen MR) is 99.9 cm³/mol. The number of hydrogen-bond acceptors (Lipinski definition) is 3. The van der Waals surface area contributed by atoms with E-state index < -0.39 is 29.1 Å². The maximum Gasteiger partial charge on any atom is 0.327 e. The van der Waals surface area contributed by atoms with Gasteiger partial charge in [0.05, 0.1) is 17.5 Å². The van der Waals surface area contributed by atoms with Crippen LogP contribution in [-0.2, 0) is 5.41 Å². The zero-order valence-corrected chi connectivity index (χ0v) is 15.0. The molecule has 0 aromatic heterocycles. The van der Waals surface area contributed by atoms with Crippen LogP contribution in [0.1, 0.15) is 42.9 Å². The van der Waals surface area contributed by atoms with Crippen molar-refractivity contribution in [3.63, 3.8) is 0 Å². The molecule has 1 unspecified atom stereocenters. The molecule has 1 aliphatic heterocycles. The van der Waals surface area contributed by atoms with Crippen molar-refractivity contribution in [2.24, 2.45) is 0 Å². The first kappa shape index (κ1) is 18.1. The summed E-state index contributed by atoms with van der Waals surface area (Å²) in [6, 6.07) is 11.5. The minimum absolute atomic E-state index is 0.102. The van der Waals surface area contributed by atoms with E-state index in [4.69, 9.17) is 5.41 Å². The second kappa shape index (κ2) is 6.71. The minimum atomic E-state index is -0.712. The Hall–Kier alpha value is -3.27. The van der Waals surface area contributed by atoms with Gasteiger partial charge in [0.25, 0.3) is 0 Å². The second-order valence-electron chi connectivity index (χ2n) is 7.28. The molecule has 28 heavy (non-hydrogen) atoms. The van der Waals surface area contributed by atoms with Crippen LogP contribution < -0.4 is 5.32 Å². The number of halogens is 2. The van der Waals surface area contributed by atoms with Crippen molar-refractivity contribution >= 4 is 17.6 Å². The van der Waals surface area contributed by atoms with Crippen molar-refractivity contribution in [3.8, 4) is 6.07 Å². The van der Waals surface area contributed by atoms with E-state index in [1.807, 2.05) is 12.1 Å². The van der Waals surface area contributed by atoms with Crippen LogP contribution in [0.2, 0.25) is 0 Å². The summed E-state index contributed by atoms with van der Waals surface area (Å²) in [6.07, 6.45) is 2.46. The molecule has 2 N–H and O–H groups in total. The fourth-order valence-electron chi connectivity index (χ4n) is 3.70. The molecule has 142 valence electrons. The zero-order valence-electron chi connectivity index (χ0n) is 15.0. The van der Waals surface area contributed by atoms with Gasteiger partial charge in [0.1, 0.15) is 17.5 Å². The number of likely N-dealkylation sites (tertiary alicyclic amines) is 1. The lowest BCUT2D eigenvalue weighted by atomic mass is 9.98. The van der Waals surface area contributed by atoms with Crippen molar-refractivity contribution in [3.05, 3.63) is 65.2 Å². The Morgan fingerprint density at radius 3 is 2.39 bits per heavy atom. The molecule has 0 spiro atoms. The number of rotatable bonds is 3. The van der Waals surface area contributed by atoms with Gasteiger partial charge in [-0.15, -0.1) is 0 Å². The minimum Gasteiger partial charge on any atom is -0.307 e. The first-order valence-corrected chi connectivity index (χ1v) is 9.07. The fourth-order valence-corrected chi connectivity index (χ4v) is 3.70. The molecule has 2 aliphatic rings. The summed E-state index contributed by atoms with van der Waals surface area (Å²) in [5.41, 5.74) is 1.39. The molecule has 2 amide bonds. The van der Waals surface area contributed by atoms with Crippen LogP contribution in [0.25, 0.3) is 0 Å². The number of anilines is 1. The predicted octanol–water partition coefficient (Wildman–Crippen LogP) is 4.87. The Kier molecular flexibility index (Phi) is 4.34. The standard InChI is InChI=1S/C21H18F2N4O/c22-15-9-13(10-16(23)11-15)18-5-6-19(25)27(18)20(28)26-17-3-1-14(2-4-17)21(12-24)7-8-21/h1-4,9-11,18,25H,5-8H2,(H,26,28). The van der Waals surface area contributed by atoms with Crippen LogP contribution >= 0.6 is 0 Å². The molecule has 0 radical (unpaired) electrons. The van der Waals surface area contributed by atoms with Crippen molar-refractivity contribution in [1.82, 2.24) is 4.90 Å². The lowest BCUT2D eigenvalue weighted by Gasteiger charge is -2.25. The zero-order chi connectivity index (χ0) is 19.9. The van der Waals surface area contributed by atoms with Gasteiger partial charge in [0.15, 0.2) is 0 Å². The molecule has 2 aromatic carbocycles. The van der Waals surface area contributed by atoms with Gasteiger partial charge in [-0.25, -0.2) is 13.6 Å². The van der Waals surface area contributed by atoms with Crippen molar-refractivity contribution < 1.29 is 13.6 Å². The molecule has 1 saturated carbocycles. The highest BCUT2D eigenvalue weighted by Crippen LogP contribution is 2.47. The fraction of sp³-hybridized carbons (Fsp3) is 0.286. The third kappa shape index (κ3) is 3.22. The topological polar surface area (TPSA) is 80.0 Å². The van der Waals surface area contributed by atoms with Crippen LogP contribution in [0.4, 0.5) is 19.3 Å². The van der Waals surface area contributed by atoms with E-state index in [-0.39, 0.29) is 5.84 Å². The summed E-state index contributed by atoms with van der Waals surface area (Å²) in [5, 5.41) is 20.1. The van der Waals surface area contributed by atoms with Gasteiger partial charge in [-0.05, 0) is 54.7 Å². The molecule has 4 rings (SSSR count). The van der Waals surface area contributed by atoms with Crippen LogP contribution in [-0.4, -0.2) is 16.8 Å². The van der Waals surface area contributed by atoms with E-state index in [1.54, 1.807) is 12.1 Å². The molecular formula is C21H18F2N4O. The van der Waals surface area contributed by atoms with Gasteiger partial charge in [0, 0.05) is 18.2 Å². The van der Waals surface area contributed by atoms with E-state index in [2.05, 4.69) is 11.4 Å². The number of amides is 2. The number of hydrogen-bond donors (Lipinski definition) is 2. The quantitative estimate of drug-likeness (QED) is 0.797. The van der Waals surface area contributed by atoms with Crippen molar-refractivity contribution in [2.45, 2.75) is 37.1 Å². The first-order valence-electron chi connectivity index (χ1n) is 9.07. The van der Waals surface area contributed by atoms with Crippen molar-refractivity contribution in [1.29, 1.82) is 10.7 Å². The normalized spacial score (nSPS) is 20.0. The van der Waals surface area contributed by atoms with E-state index in [1.165, 1.54) is 17.0 Å². The first-order chi connectivity index (χ1) is 13.4. The Morgan fingerprint density at radius 2 is 1.82 bits per heavy atom. The van der Waals surface area contributed by atoms with E-state index in [0.717, 1.165) is 24.5 Å². The molecular weight excluding hydrogens is 362 g/mol. The van der Waals surface area contributed by atoms with Crippen LogP contribution in [0.5, 0.6) is 0 Å². The monoisotopic (exact) mass is 380 g/mol. The number of amidine groups is 1. The number of nitrogens with zero attached hydrogens (tertiary/aromatic N) is 2. The summed E-state index contributed by atoms with van der Waals surface area (Å²) in [4.78, 5) is 14.0. The molecule has 0 bridgehead atoms. The molecule has 1 atom stereocenters. The molecule has 1 saturated heterocycles. The summed E-state index contributed by atoms with van der Waals surface area (Å²) in [6.45, 7) is 0.